The molecule has 122 valence electrons. The van der Waals surface area contributed by atoms with Gasteiger partial charge in [0.15, 0.2) is 5.96 Å². The fraction of sp³-hybridized carbons (Fsp3) is 0.588. The number of benzene rings is 1. The number of nitrogens with zero attached hydrogens (tertiary/aromatic N) is 2. The second-order valence-electron chi connectivity index (χ2n) is 6.08. The van der Waals surface area contributed by atoms with E-state index in [0.29, 0.717) is 0 Å². The van der Waals surface area contributed by atoms with Crippen LogP contribution in [0.2, 0.25) is 0 Å². The molecule has 2 aliphatic rings. The second kappa shape index (κ2) is 9.35. The first-order valence-corrected chi connectivity index (χ1v) is 8.18. The number of rotatable bonds is 5. The molecule has 4 nitrogen and oxygen atoms in total. The Bertz CT molecular complexity index is 463. The quantitative estimate of drug-likeness (QED) is 0.726. The van der Waals surface area contributed by atoms with E-state index in [9.17, 15) is 0 Å². The number of aliphatic imine (C=N–C) groups is 1. The number of hydrogen-bond donors (Lipinski definition) is 2. The van der Waals surface area contributed by atoms with E-state index in [-0.39, 0.29) is 24.0 Å². The molecule has 1 aromatic rings. The molecule has 2 heterocycles. The third-order valence-corrected chi connectivity index (χ3v) is 4.38. The highest BCUT2D eigenvalue weighted by atomic mass is 127. The molecular weight excluding hydrogens is 387 g/mol. The molecule has 0 amide bonds. The predicted molar refractivity (Wildman–Crippen MR) is 103 cm³/mol. The van der Waals surface area contributed by atoms with Crippen LogP contribution in [0.1, 0.15) is 18.4 Å². The highest BCUT2D eigenvalue weighted by Gasteiger charge is 2.22. The van der Waals surface area contributed by atoms with Gasteiger partial charge < -0.3 is 15.5 Å². The molecule has 0 radical (unpaired) electrons. The summed E-state index contributed by atoms with van der Waals surface area (Å²) in [5.74, 6) is 1.76. The second-order valence-corrected chi connectivity index (χ2v) is 6.08. The van der Waals surface area contributed by atoms with E-state index >= 15 is 0 Å². The lowest BCUT2D eigenvalue weighted by atomic mass is 10.1. The summed E-state index contributed by atoms with van der Waals surface area (Å²) >= 11 is 0. The summed E-state index contributed by atoms with van der Waals surface area (Å²) in [5.41, 5.74) is 1.44. The molecule has 5 heteroatoms. The van der Waals surface area contributed by atoms with E-state index in [4.69, 9.17) is 0 Å². The number of halogens is 1. The van der Waals surface area contributed by atoms with Gasteiger partial charge in [0.25, 0.3) is 0 Å². The molecule has 2 aliphatic heterocycles. The van der Waals surface area contributed by atoms with Crippen LogP contribution in [0.25, 0.3) is 0 Å². The molecule has 22 heavy (non-hydrogen) atoms. The zero-order valence-electron chi connectivity index (χ0n) is 13.1. The van der Waals surface area contributed by atoms with Crippen molar-refractivity contribution in [3.63, 3.8) is 0 Å². The van der Waals surface area contributed by atoms with Gasteiger partial charge >= 0.3 is 0 Å². The predicted octanol–water partition coefficient (Wildman–Crippen LogP) is 2.11. The number of nitrogens with one attached hydrogen (secondary N) is 2. The highest BCUT2D eigenvalue weighted by Crippen LogP contribution is 2.16. The molecule has 0 aromatic heterocycles. The van der Waals surface area contributed by atoms with E-state index in [1.807, 2.05) is 0 Å². The molecule has 1 aromatic carbocycles. The van der Waals surface area contributed by atoms with Crippen molar-refractivity contribution < 1.29 is 0 Å². The van der Waals surface area contributed by atoms with Crippen molar-refractivity contribution >= 4 is 29.9 Å². The SMILES string of the molecule is I.c1ccc(CCN2CCC(CNC3=NCCCN3)C2)cc1. The Kier molecular flexibility index (Phi) is 7.45. The summed E-state index contributed by atoms with van der Waals surface area (Å²) in [7, 11) is 0. The first-order valence-electron chi connectivity index (χ1n) is 8.18. The number of hydrogen-bond acceptors (Lipinski definition) is 4. The number of guanidine groups is 1. The summed E-state index contributed by atoms with van der Waals surface area (Å²) in [5, 5.41) is 6.80. The van der Waals surface area contributed by atoms with Crippen LogP contribution in [0.15, 0.2) is 35.3 Å². The van der Waals surface area contributed by atoms with Crippen molar-refractivity contribution in [2.45, 2.75) is 19.3 Å². The van der Waals surface area contributed by atoms with Crippen molar-refractivity contribution in [2.24, 2.45) is 10.9 Å². The van der Waals surface area contributed by atoms with Crippen molar-refractivity contribution in [1.29, 1.82) is 0 Å². The lowest BCUT2D eigenvalue weighted by Crippen LogP contribution is -2.43. The van der Waals surface area contributed by atoms with Crippen LogP contribution in [-0.2, 0) is 6.42 Å². The largest absolute Gasteiger partial charge is 0.356 e. The summed E-state index contributed by atoms with van der Waals surface area (Å²) in [4.78, 5) is 7.06. The summed E-state index contributed by atoms with van der Waals surface area (Å²) in [6.45, 7) is 6.70. The minimum absolute atomic E-state index is 0. The van der Waals surface area contributed by atoms with E-state index in [1.165, 1.54) is 31.6 Å². The van der Waals surface area contributed by atoms with Crippen molar-refractivity contribution in [1.82, 2.24) is 15.5 Å². The highest BCUT2D eigenvalue weighted by molar-refractivity contribution is 14.0. The average molecular weight is 414 g/mol. The maximum Gasteiger partial charge on any atom is 0.191 e. The van der Waals surface area contributed by atoms with E-state index < -0.39 is 0 Å². The van der Waals surface area contributed by atoms with Gasteiger partial charge in [-0.3, -0.25) is 4.99 Å². The van der Waals surface area contributed by atoms with E-state index in [0.717, 1.165) is 44.4 Å². The minimum Gasteiger partial charge on any atom is -0.356 e. The van der Waals surface area contributed by atoms with E-state index in [2.05, 4.69) is 50.9 Å². The maximum absolute atomic E-state index is 4.47. The van der Waals surface area contributed by atoms with Crippen LogP contribution in [0, 0.1) is 5.92 Å². The fourth-order valence-electron chi connectivity index (χ4n) is 3.11. The minimum atomic E-state index is 0. The monoisotopic (exact) mass is 414 g/mol. The zero-order chi connectivity index (χ0) is 14.3. The summed E-state index contributed by atoms with van der Waals surface area (Å²) < 4.78 is 0. The molecule has 2 N–H and O–H groups in total. The van der Waals surface area contributed by atoms with Gasteiger partial charge in [-0.25, -0.2) is 0 Å². The van der Waals surface area contributed by atoms with Gasteiger partial charge in [0.1, 0.15) is 0 Å². The molecule has 0 bridgehead atoms. The Hall–Kier alpha value is -0.820. The molecule has 1 fully saturated rings. The maximum atomic E-state index is 4.47. The number of likely N-dealkylation sites (tertiary alicyclic amines) is 1. The van der Waals surface area contributed by atoms with Crippen LogP contribution in [0.5, 0.6) is 0 Å². The Balaban J connectivity index is 0.00000176. The molecular formula is C17H27IN4. The van der Waals surface area contributed by atoms with Gasteiger partial charge in [0, 0.05) is 32.7 Å². The van der Waals surface area contributed by atoms with Crippen LogP contribution >= 0.6 is 24.0 Å². The molecule has 1 saturated heterocycles. The van der Waals surface area contributed by atoms with Gasteiger partial charge in [0.05, 0.1) is 0 Å². The average Bonchev–Trinajstić information content (AvgIpc) is 3.01. The normalized spacial score (nSPS) is 21.6. The fourth-order valence-corrected chi connectivity index (χ4v) is 3.11. The first kappa shape index (κ1) is 17.5. The Morgan fingerprint density at radius 3 is 2.91 bits per heavy atom. The lowest BCUT2D eigenvalue weighted by molar-refractivity contribution is 0.328. The zero-order valence-corrected chi connectivity index (χ0v) is 15.5. The molecule has 1 unspecified atom stereocenters. The molecule has 0 saturated carbocycles. The molecule has 0 aliphatic carbocycles. The summed E-state index contributed by atoms with van der Waals surface area (Å²) in [6.07, 6.45) is 3.62. The smallest absolute Gasteiger partial charge is 0.191 e. The molecule has 0 spiro atoms. The molecule has 3 rings (SSSR count). The third-order valence-electron chi connectivity index (χ3n) is 4.38. The van der Waals surface area contributed by atoms with Crippen LogP contribution in [0.4, 0.5) is 0 Å². The van der Waals surface area contributed by atoms with Crippen LogP contribution in [0.3, 0.4) is 0 Å². The Morgan fingerprint density at radius 1 is 1.27 bits per heavy atom. The van der Waals surface area contributed by atoms with Crippen molar-refractivity contribution in [2.75, 3.05) is 39.3 Å². The standard InChI is InChI=1S/C17H26N4.HI/c1-2-5-15(6-3-1)7-11-21-12-8-16(14-21)13-20-17-18-9-4-10-19-17;/h1-3,5-6,16H,4,7-14H2,(H2,18,19,20);1H. The van der Waals surface area contributed by atoms with Gasteiger partial charge in [-0.05, 0) is 37.3 Å². The van der Waals surface area contributed by atoms with Gasteiger partial charge in [-0.15, -0.1) is 24.0 Å². The topological polar surface area (TPSA) is 39.7 Å². The first-order chi connectivity index (χ1) is 10.4. The Morgan fingerprint density at radius 2 is 2.14 bits per heavy atom. The van der Waals surface area contributed by atoms with E-state index in [1.54, 1.807) is 0 Å². The van der Waals surface area contributed by atoms with Gasteiger partial charge in [-0.1, -0.05) is 30.3 Å². The van der Waals surface area contributed by atoms with Gasteiger partial charge in [0.2, 0.25) is 0 Å². The summed E-state index contributed by atoms with van der Waals surface area (Å²) in [6, 6.07) is 10.8. The van der Waals surface area contributed by atoms with Crippen LogP contribution in [-0.4, -0.2) is 50.1 Å². The van der Waals surface area contributed by atoms with Gasteiger partial charge in [-0.2, -0.15) is 0 Å². The molecule has 1 atom stereocenters. The van der Waals surface area contributed by atoms with Crippen LogP contribution < -0.4 is 10.6 Å². The Labute approximate surface area is 150 Å². The lowest BCUT2D eigenvalue weighted by Gasteiger charge is -2.19. The van der Waals surface area contributed by atoms with Crippen molar-refractivity contribution in [3.05, 3.63) is 35.9 Å². The van der Waals surface area contributed by atoms with Crippen molar-refractivity contribution in [3.8, 4) is 0 Å². The third kappa shape index (κ3) is 5.43.